The lowest BCUT2D eigenvalue weighted by Crippen LogP contribution is -2.41. The molecule has 1 rings (SSSR count). The molecule has 0 spiro atoms. The molecule has 0 aliphatic carbocycles. The average molecular weight is 518 g/mol. The van der Waals surface area contributed by atoms with E-state index in [1.807, 2.05) is 6.92 Å². The molecule has 160 valence electrons. The highest BCUT2D eigenvalue weighted by atomic mass is 127. The second-order valence-electron chi connectivity index (χ2n) is 6.90. The monoisotopic (exact) mass is 518 g/mol. The van der Waals surface area contributed by atoms with E-state index >= 15 is 0 Å². The van der Waals surface area contributed by atoms with Crippen LogP contribution in [0.2, 0.25) is 0 Å². The van der Waals surface area contributed by atoms with Gasteiger partial charge in [-0.1, -0.05) is 13.8 Å². The summed E-state index contributed by atoms with van der Waals surface area (Å²) in [6.45, 7) is 9.34. The lowest BCUT2D eigenvalue weighted by Gasteiger charge is -2.13. The largest absolute Gasteiger partial charge is 0.380 e. The maximum atomic E-state index is 11.9. The third-order valence-electron chi connectivity index (χ3n) is 3.93. The first-order chi connectivity index (χ1) is 12.3. The van der Waals surface area contributed by atoms with Crippen molar-refractivity contribution in [2.75, 3.05) is 44.4 Å². The van der Waals surface area contributed by atoms with Crippen LogP contribution >= 0.6 is 24.0 Å². The Balaban J connectivity index is 0.00000676. The molecule has 1 unspecified atom stereocenters. The molecule has 0 saturated carbocycles. The molecule has 0 aromatic heterocycles. The standard InChI is InChI=1S/C17H34N4O4S.HI/c1-4-18-17(20-9-11-25-10-6-14(2)3)19-8-5-16(22)21-15-7-12-26(23,24)13-15;/h14-15H,4-13H2,1-3H3,(H,21,22)(H2,18,19,20);1H. The number of hydrogen-bond acceptors (Lipinski definition) is 5. The summed E-state index contributed by atoms with van der Waals surface area (Å²) < 4.78 is 28.3. The Morgan fingerprint density at radius 1 is 1.26 bits per heavy atom. The number of guanidine groups is 1. The predicted molar refractivity (Wildman–Crippen MR) is 119 cm³/mol. The van der Waals surface area contributed by atoms with Crippen molar-refractivity contribution in [3.63, 3.8) is 0 Å². The van der Waals surface area contributed by atoms with Gasteiger partial charge in [0.25, 0.3) is 0 Å². The van der Waals surface area contributed by atoms with Gasteiger partial charge < -0.3 is 20.7 Å². The first kappa shape index (κ1) is 26.4. The summed E-state index contributed by atoms with van der Waals surface area (Å²) in [5, 5.41) is 9.01. The Morgan fingerprint density at radius 2 is 2.00 bits per heavy atom. The molecule has 10 heteroatoms. The van der Waals surface area contributed by atoms with Crippen LogP contribution in [0.4, 0.5) is 0 Å². The van der Waals surface area contributed by atoms with E-state index in [2.05, 4.69) is 34.8 Å². The minimum absolute atomic E-state index is 0. The van der Waals surface area contributed by atoms with Crippen LogP contribution < -0.4 is 16.0 Å². The molecule has 0 radical (unpaired) electrons. The Labute approximate surface area is 180 Å². The van der Waals surface area contributed by atoms with Crippen molar-refractivity contribution in [2.24, 2.45) is 10.9 Å². The van der Waals surface area contributed by atoms with Crippen LogP contribution in [0.1, 0.15) is 40.0 Å². The van der Waals surface area contributed by atoms with Crippen LogP contribution in [-0.4, -0.2) is 70.7 Å². The number of halogens is 1. The SMILES string of the molecule is CCNC(=NCCOCCC(C)C)NCCC(=O)NC1CCS(=O)(=O)C1.I. The summed E-state index contributed by atoms with van der Waals surface area (Å²) in [6, 6.07) is -0.252. The number of ether oxygens (including phenoxy) is 1. The summed E-state index contributed by atoms with van der Waals surface area (Å²) in [4.78, 5) is 16.3. The summed E-state index contributed by atoms with van der Waals surface area (Å²) in [5.41, 5.74) is 0. The van der Waals surface area contributed by atoms with Gasteiger partial charge in [0.1, 0.15) is 0 Å². The molecular weight excluding hydrogens is 483 g/mol. The van der Waals surface area contributed by atoms with Gasteiger partial charge in [-0.15, -0.1) is 24.0 Å². The topological polar surface area (TPSA) is 109 Å². The molecule has 1 atom stereocenters. The number of carbonyl (C=O) groups excluding carboxylic acids is 1. The highest BCUT2D eigenvalue weighted by molar-refractivity contribution is 14.0. The van der Waals surface area contributed by atoms with E-state index in [0.29, 0.717) is 38.0 Å². The van der Waals surface area contributed by atoms with Crippen molar-refractivity contribution in [3.8, 4) is 0 Å². The molecule has 8 nitrogen and oxygen atoms in total. The van der Waals surface area contributed by atoms with E-state index in [4.69, 9.17) is 4.74 Å². The van der Waals surface area contributed by atoms with Gasteiger partial charge >= 0.3 is 0 Å². The normalized spacial score (nSPS) is 18.8. The lowest BCUT2D eigenvalue weighted by atomic mass is 10.1. The number of amides is 1. The molecule has 1 aliphatic heterocycles. The molecule has 1 amide bonds. The molecule has 1 fully saturated rings. The fourth-order valence-electron chi connectivity index (χ4n) is 2.49. The Hall–Kier alpha value is -0.620. The third-order valence-corrected chi connectivity index (χ3v) is 5.70. The Bertz CT molecular complexity index is 555. The van der Waals surface area contributed by atoms with Crippen LogP contribution in [0.5, 0.6) is 0 Å². The van der Waals surface area contributed by atoms with E-state index in [-0.39, 0.29) is 53.9 Å². The van der Waals surface area contributed by atoms with Crippen molar-refractivity contribution >= 4 is 45.7 Å². The molecule has 0 aromatic carbocycles. The minimum Gasteiger partial charge on any atom is -0.380 e. The first-order valence-electron chi connectivity index (χ1n) is 9.42. The number of hydrogen-bond donors (Lipinski definition) is 3. The Morgan fingerprint density at radius 3 is 2.59 bits per heavy atom. The average Bonchev–Trinajstić information content (AvgIpc) is 2.88. The van der Waals surface area contributed by atoms with Gasteiger partial charge in [0, 0.05) is 32.2 Å². The van der Waals surface area contributed by atoms with Gasteiger partial charge in [-0.25, -0.2) is 8.42 Å². The third kappa shape index (κ3) is 13.2. The van der Waals surface area contributed by atoms with Crippen LogP contribution in [-0.2, 0) is 19.4 Å². The number of sulfone groups is 1. The summed E-state index contributed by atoms with van der Waals surface area (Å²) in [5.74, 6) is 1.34. The van der Waals surface area contributed by atoms with E-state index in [1.54, 1.807) is 0 Å². The molecule has 27 heavy (non-hydrogen) atoms. The second kappa shape index (κ2) is 14.4. The second-order valence-corrected chi connectivity index (χ2v) is 9.13. The Kier molecular flexibility index (Phi) is 14.1. The minimum atomic E-state index is -2.98. The highest BCUT2D eigenvalue weighted by Gasteiger charge is 2.28. The molecule has 3 N–H and O–H groups in total. The maximum Gasteiger partial charge on any atom is 0.222 e. The number of aliphatic imine (C=N–C) groups is 1. The zero-order valence-electron chi connectivity index (χ0n) is 16.6. The van der Waals surface area contributed by atoms with Gasteiger partial charge in [0.2, 0.25) is 5.91 Å². The van der Waals surface area contributed by atoms with E-state index in [0.717, 1.165) is 19.6 Å². The summed E-state index contributed by atoms with van der Waals surface area (Å²) in [6.07, 6.45) is 1.81. The first-order valence-corrected chi connectivity index (χ1v) is 11.2. The molecule has 1 aliphatic rings. The number of nitrogens with zero attached hydrogens (tertiary/aromatic N) is 1. The van der Waals surface area contributed by atoms with Gasteiger partial charge in [0.15, 0.2) is 15.8 Å². The number of carbonyl (C=O) groups is 1. The lowest BCUT2D eigenvalue weighted by molar-refractivity contribution is -0.121. The van der Waals surface area contributed by atoms with Crippen molar-refractivity contribution in [3.05, 3.63) is 0 Å². The number of rotatable bonds is 11. The van der Waals surface area contributed by atoms with Gasteiger partial charge in [-0.2, -0.15) is 0 Å². The van der Waals surface area contributed by atoms with Crippen molar-refractivity contribution in [2.45, 2.75) is 46.1 Å². The molecule has 1 saturated heterocycles. The fraction of sp³-hybridized carbons (Fsp3) is 0.882. The van der Waals surface area contributed by atoms with Gasteiger partial charge in [-0.05, 0) is 25.7 Å². The highest BCUT2D eigenvalue weighted by Crippen LogP contribution is 2.11. The van der Waals surface area contributed by atoms with E-state index in [1.165, 1.54) is 0 Å². The predicted octanol–water partition coefficient (Wildman–Crippen LogP) is 0.916. The van der Waals surface area contributed by atoms with Gasteiger partial charge in [-0.3, -0.25) is 9.79 Å². The molecule has 0 bridgehead atoms. The van der Waals surface area contributed by atoms with Crippen LogP contribution in [0, 0.1) is 5.92 Å². The summed E-state index contributed by atoms with van der Waals surface area (Å²) >= 11 is 0. The quantitative estimate of drug-likeness (QED) is 0.163. The molecule has 0 aromatic rings. The smallest absolute Gasteiger partial charge is 0.222 e. The summed E-state index contributed by atoms with van der Waals surface area (Å²) in [7, 11) is -2.98. The van der Waals surface area contributed by atoms with Crippen molar-refractivity contribution in [1.29, 1.82) is 0 Å². The maximum absolute atomic E-state index is 11.9. The fourth-order valence-corrected chi connectivity index (χ4v) is 4.16. The van der Waals surface area contributed by atoms with Crippen LogP contribution in [0.15, 0.2) is 4.99 Å². The van der Waals surface area contributed by atoms with Gasteiger partial charge in [0.05, 0.1) is 24.7 Å². The van der Waals surface area contributed by atoms with Crippen LogP contribution in [0.3, 0.4) is 0 Å². The zero-order chi connectivity index (χ0) is 19.4. The number of nitrogens with one attached hydrogen (secondary N) is 3. The van der Waals surface area contributed by atoms with E-state index in [9.17, 15) is 13.2 Å². The molecule has 1 heterocycles. The van der Waals surface area contributed by atoms with Crippen molar-refractivity contribution < 1.29 is 17.9 Å². The van der Waals surface area contributed by atoms with Crippen LogP contribution in [0.25, 0.3) is 0 Å². The zero-order valence-corrected chi connectivity index (χ0v) is 19.8. The van der Waals surface area contributed by atoms with Crippen molar-refractivity contribution in [1.82, 2.24) is 16.0 Å². The van der Waals surface area contributed by atoms with E-state index < -0.39 is 9.84 Å². The molecular formula is C17H35IN4O4S.